The molecule has 20 heavy (non-hydrogen) atoms. The fraction of sp³-hybridized carbons (Fsp3) is 0.562. The van der Waals surface area contributed by atoms with E-state index in [2.05, 4.69) is 5.32 Å². The topological polar surface area (TPSA) is 32.3 Å². The minimum Gasteiger partial charge on any atom is -0.341 e. The summed E-state index contributed by atoms with van der Waals surface area (Å²) in [6, 6.07) is 6.83. The van der Waals surface area contributed by atoms with Crippen LogP contribution in [0.3, 0.4) is 0 Å². The van der Waals surface area contributed by atoms with Crippen LogP contribution in [0.1, 0.15) is 37.2 Å². The molecule has 2 atom stereocenters. The van der Waals surface area contributed by atoms with Crippen molar-refractivity contribution < 1.29 is 9.18 Å². The van der Waals surface area contributed by atoms with Gasteiger partial charge in [-0.2, -0.15) is 0 Å². The molecule has 1 aromatic rings. The van der Waals surface area contributed by atoms with Crippen LogP contribution in [-0.2, 0) is 0 Å². The molecular formula is C16H23FN2O. The van der Waals surface area contributed by atoms with E-state index in [9.17, 15) is 9.18 Å². The van der Waals surface area contributed by atoms with E-state index in [1.165, 1.54) is 30.5 Å². The lowest BCUT2D eigenvalue weighted by molar-refractivity contribution is 0.191. The molecule has 0 radical (unpaired) electrons. The Bertz CT molecular complexity index is 446. The molecule has 1 unspecified atom stereocenters. The van der Waals surface area contributed by atoms with Gasteiger partial charge in [0, 0.05) is 20.6 Å². The number of halogens is 1. The molecule has 1 aromatic carbocycles. The summed E-state index contributed by atoms with van der Waals surface area (Å²) < 4.78 is 13.0. The molecular weight excluding hydrogens is 255 g/mol. The predicted molar refractivity (Wildman–Crippen MR) is 78.2 cm³/mol. The Hall–Kier alpha value is -1.58. The monoisotopic (exact) mass is 278 g/mol. The van der Waals surface area contributed by atoms with E-state index in [-0.39, 0.29) is 11.8 Å². The average molecular weight is 278 g/mol. The highest BCUT2D eigenvalue weighted by Gasteiger charge is 2.25. The maximum Gasteiger partial charge on any atom is 0.316 e. The maximum absolute atomic E-state index is 13.0. The standard InChI is InChI=1S/C16H23FN2O/c1-18-16(20)19(2)11-12-4-3-5-14(10-12)13-6-8-15(17)9-7-13/h6-9,12,14H,3-5,10-11H2,1-2H3,(H,18,20)/t12-,14?/m0/s1. The molecule has 3 nitrogen and oxygen atoms in total. The number of rotatable bonds is 3. The highest BCUT2D eigenvalue weighted by Crippen LogP contribution is 2.36. The maximum atomic E-state index is 13.0. The van der Waals surface area contributed by atoms with Gasteiger partial charge in [-0.1, -0.05) is 18.6 Å². The van der Waals surface area contributed by atoms with Gasteiger partial charge in [-0.05, 0) is 48.8 Å². The fourth-order valence-electron chi connectivity index (χ4n) is 3.16. The van der Waals surface area contributed by atoms with E-state index < -0.39 is 0 Å². The quantitative estimate of drug-likeness (QED) is 0.903. The number of carbonyl (C=O) groups excluding carboxylic acids is 1. The second-order valence-corrected chi connectivity index (χ2v) is 5.72. The molecule has 0 aliphatic heterocycles. The van der Waals surface area contributed by atoms with Gasteiger partial charge in [-0.25, -0.2) is 9.18 Å². The minimum absolute atomic E-state index is 0.0334. The van der Waals surface area contributed by atoms with E-state index >= 15 is 0 Å². The zero-order valence-electron chi connectivity index (χ0n) is 12.2. The summed E-state index contributed by atoms with van der Waals surface area (Å²) >= 11 is 0. The van der Waals surface area contributed by atoms with Gasteiger partial charge in [0.25, 0.3) is 0 Å². The molecule has 1 aliphatic carbocycles. The third-order valence-electron chi connectivity index (χ3n) is 4.22. The van der Waals surface area contributed by atoms with E-state index in [1.807, 2.05) is 19.2 Å². The van der Waals surface area contributed by atoms with Crippen molar-refractivity contribution in [3.63, 3.8) is 0 Å². The van der Waals surface area contributed by atoms with Gasteiger partial charge in [0.15, 0.2) is 0 Å². The van der Waals surface area contributed by atoms with Crippen LogP contribution < -0.4 is 5.32 Å². The summed E-state index contributed by atoms with van der Waals surface area (Å²) in [6.07, 6.45) is 4.58. The normalized spacial score (nSPS) is 22.4. The van der Waals surface area contributed by atoms with Gasteiger partial charge in [0.2, 0.25) is 0 Å². The number of hydrogen-bond donors (Lipinski definition) is 1. The van der Waals surface area contributed by atoms with Crippen molar-refractivity contribution in [2.45, 2.75) is 31.6 Å². The number of hydrogen-bond acceptors (Lipinski definition) is 1. The van der Waals surface area contributed by atoms with E-state index in [1.54, 1.807) is 11.9 Å². The molecule has 1 aliphatic rings. The summed E-state index contributed by atoms with van der Waals surface area (Å²) in [4.78, 5) is 13.3. The Balaban J connectivity index is 1.94. The Morgan fingerprint density at radius 2 is 2.05 bits per heavy atom. The van der Waals surface area contributed by atoms with Crippen LogP contribution in [0, 0.1) is 11.7 Å². The van der Waals surface area contributed by atoms with Crippen LogP contribution >= 0.6 is 0 Å². The molecule has 4 heteroatoms. The number of urea groups is 1. The third kappa shape index (κ3) is 3.71. The Morgan fingerprint density at radius 1 is 1.35 bits per heavy atom. The molecule has 0 saturated heterocycles. The van der Waals surface area contributed by atoms with Crippen LogP contribution in [0.4, 0.5) is 9.18 Å². The lowest BCUT2D eigenvalue weighted by Crippen LogP contribution is -2.38. The summed E-state index contributed by atoms with van der Waals surface area (Å²) in [6.45, 7) is 0.789. The lowest BCUT2D eigenvalue weighted by Gasteiger charge is -2.32. The summed E-state index contributed by atoms with van der Waals surface area (Å²) in [5.74, 6) is 0.842. The molecule has 0 aromatic heterocycles. The number of nitrogens with zero attached hydrogens (tertiary/aromatic N) is 1. The predicted octanol–water partition coefficient (Wildman–Crippen LogP) is 3.37. The fourth-order valence-corrected chi connectivity index (χ4v) is 3.16. The molecule has 0 bridgehead atoms. The van der Waals surface area contributed by atoms with E-state index in [0.717, 1.165) is 19.4 Å². The third-order valence-corrected chi connectivity index (χ3v) is 4.22. The lowest BCUT2D eigenvalue weighted by atomic mass is 9.78. The van der Waals surface area contributed by atoms with Crippen molar-refractivity contribution >= 4 is 6.03 Å². The summed E-state index contributed by atoms with van der Waals surface area (Å²) in [5.41, 5.74) is 1.22. The van der Waals surface area contributed by atoms with Crippen LogP contribution in [0.25, 0.3) is 0 Å². The number of carbonyl (C=O) groups is 1. The van der Waals surface area contributed by atoms with Gasteiger partial charge >= 0.3 is 6.03 Å². The largest absolute Gasteiger partial charge is 0.341 e. The molecule has 1 N–H and O–H groups in total. The number of amides is 2. The minimum atomic E-state index is -0.180. The highest BCUT2D eigenvalue weighted by molar-refractivity contribution is 5.73. The van der Waals surface area contributed by atoms with E-state index in [0.29, 0.717) is 11.8 Å². The molecule has 1 fully saturated rings. The summed E-state index contributed by atoms with van der Waals surface area (Å²) in [5, 5.41) is 2.65. The zero-order valence-corrected chi connectivity index (χ0v) is 12.2. The van der Waals surface area contributed by atoms with Crippen LogP contribution in [0.2, 0.25) is 0 Å². The van der Waals surface area contributed by atoms with Crippen molar-refractivity contribution in [1.29, 1.82) is 0 Å². The Kier molecular flexibility index (Phi) is 4.99. The first-order valence-electron chi connectivity index (χ1n) is 7.28. The SMILES string of the molecule is CNC(=O)N(C)C[C@H]1CCCC(c2ccc(F)cc2)C1. The van der Waals surface area contributed by atoms with Gasteiger partial charge in [0.05, 0.1) is 0 Å². The van der Waals surface area contributed by atoms with Crippen LogP contribution in [0.5, 0.6) is 0 Å². The number of nitrogens with one attached hydrogen (secondary N) is 1. The second kappa shape index (κ2) is 6.73. The second-order valence-electron chi connectivity index (χ2n) is 5.72. The van der Waals surface area contributed by atoms with Crippen molar-refractivity contribution in [3.05, 3.63) is 35.6 Å². The molecule has 1 saturated carbocycles. The Labute approximate surface area is 120 Å². The first kappa shape index (κ1) is 14.8. The van der Waals surface area contributed by atoms with E-state index in [4.69, 9.17) is 0 Å². The van der Waals surface area contributed by atoms with Crippen molar-refractivity contribution in [3.8, 4) is 0 Å². The molecule has 0 spiro atoms. The van der Waals surface area contributed by atoms with Gasteiger partial charge in [0.1, 0.15) is 5.82 Å². The smallest absolute Gasteiger partial charge is 0.316 e. The Morgan fingerprint density at radius 3 is 2.70 bits per heavy atom. The van der Waals surface area contributed by atoms with Gasteiger partial charge < -0.3 is 10.2 Å². The van der Waals surface area contributed by atoms with Gasteiger partial charge in [-0.3, -0.25) is 0 Å². The average Bonchev–Trinajstić information content (AvgIpc) is 2.47. The highest BCUT2D eigenvalue weighted by atomic mass is 19.1. The molecule has 110 valence electrons. The van der Waals surface area contributed by atoms with Crippen LogP contribution in [-0.4, -0.2) is 31.6 Å². The first-order chi connectivity index (χ1) is 9.60. The van der Waals surface area contributed by atoms with Crippen molar-refractivity contribution in [2.24, 2.45) is 5.92 Å². The van der Waals surface area contributed by atoms with Crippen molar-refractivity contribution in [1.82, 2.24) is 10.2 Å². The van der Waals surface area contributed by atoms with Gasteiger partial charge in [-0.15, -0.1) is 0 Å². The first-order valence-corrected chi connectivity index (χ1v) is 7.28. The van der Waals surface area contributed by atoms with Crippen molar-refractivity contribution in [2.75, 3.05) is 20.6 Å². The molecule has 0 heterocycles. The zero-order chi connectivity index (χ0) is 14.5. The molecule has 2 amide bonds. The number of benzene rings is 1. The molecule has 2 rings (SSSR count). The van der Waals surface area contributed by atoms with Crippen LogP contribution in [0.15, 0.2) is 24.3 Å². The summed E-state index contributed by atoms with van der Waals surface area (Å²) in [7, 11) is 3.49.